The van der Waals surface area contributed by atoms with Crippen molar-refractivity contribution in [3.63, 3.8) is 0 Å². The summed E-state index contributed by atoms with van der Waals surface area (Å²) in [5, 5.41) is 12.6. The summed E-state index contributed by atoms with van der Waals surface area (Å²) in [6.45, 7) is 2.55. The lowest BCUT2D eigenvalue weighted by atomic mass is 10.00. The first kappa shape index (κ1) is 17.4. The van der Waals surface area contributed by atoms with Crippen LogP contribution in [0.25, 0.3) is 0 Å². The lowest BCUT2D eigenvalue weighted by Gasteiger charge is -2.22. The van der Waals surface area contributed by atoms with Crippen LogP contribution in [0.2, 0.25) is 0 Å². The van der Waals surface area contributed by atoms with Gasteiger partial charge in [-0.05, 0) is 37.9 Å². The summed E-state index contributed by atoms with van der Waals surface area (Å²) in [6.07, 6.45) is 2.22. The molecule has 9 heteroatoms. The molecular formula is C11H18ClN3O3S2. The summed E-state index contributed by atoms with van der Waals surface area (Å²) < 4.78 is 22.3. The number of thiophene rings is 1. The van der Waals surface area contributed by atoms with Crippen LogP contribution in [0.1, 0.15) is 23.2 Å². The van der Waals surface area contributed by atoms with Crippen molar-refractivity contribution < 1.29 is 13.2 Å². The Morgan fingerprint density at radius 2 is 2.30 bits per heavy atom. The van der Waals surface area contributed by atoms with E-state index >= 15 is 0 Å². The Labute approximate surface area is 128 Å². The van der Waals surface area contributed by atoms with Gasteiger partial charge in [-0.25, -0.2) is 13.6 Å². The maximum atomic E-state index is 11.9. The predicted octanol–water partition coefficient (Wildman–Crippen LogP) is 0.547. The highest BCUT2D eigenvalue weighted by Crippen LogP contribution is 2.18. The molecule has 1 aliphatic heterocycles. The van der Waals surface area contributed by atoms with E-state index in [1.807, 2.05) is 0 Å². The Morgan fingerprint density at radius 1 is 1.55 bits per heavy atom. The highest BCUT2D eigenvalue weighted by Gasteiger charge is 2.17. The van der Waals surface area contributed by atoms with Gasteiger partial charge in [-0.15, -0.1) is 23.7 Å². The first-order chi connectivity index (χ1) is 8.97. The zero-order chi connectivity index (χ0) is 13.9. The van der Waals surface area contributed by atoms with E-state index in [1.165, 1.54) is 11.4 Å². The van der Waals surface area contributed by atoms with Gasteiger partial charge < -0.3 is 10.6 Å². The molecule has 1 saturated heterocycles. The van der Waals surface area contributed by atoms with Crippen LogP contribution < -0.4 is 15.8 Å². The smallest absolute Gasteiger partial charge is 0.252 e. The molecule has 1 aromatic rings. The molecule has 1 amide bonds. The van der Waals surface area contributed by atoms with Gasteiger partial charge in [0.2, 0.25) is 10.0 Å². The zero-order valence-electron chi connectivity index (χ0n) is 10.8. The summed E-state index contributed by atoms with van der Waals surface area (Å²) in [5.41, 5.74) is 0.345. The van der Waals surface area contributed by atoms with E-state index in [0.717, 1.165) is 37.3 Å². The molecule has 1 aromatic heterocycles. The maximum absolute atomic E-state index is 11.9. The van der Waals surface area contributed by atoms with E-state index in [-0.39, 0.29) is 22.5 Å². The third-order valence-electron chi connectivity index (χ3n) is 3.07. The van der Waals surface area contributed by atoms with E-state index in [4.69, 9.17) is 5.14 Å². The third kappa shape index (κ3) is 4.71. The zero-order valence-corrected chi connectivity index (χ0v) is 13.2. The minimum absolute atomic E-state index is 0. The molecule has 20 heavy (non-hydrogen) atoms. The van der Waals surface area contributed by atoms with Gasteiger partial charge in [0.1, 0.15) is 4.21 Å². The molecule has 2 heterocycles. The summed E-state index contributed by atoms with van der Waals surface area (Å²) >= 11 is 0.960. The summed E-state index contributed by atoms with van der Waals surface area (Å²) in [6, 6.07) is 1.31. The number of nitrogens with one attached hydrogen (secondary N) is 2. The van der Waals surface area contributed by atoms with Crippen molar-refractivity contribution in [2.45, 2.75) is 17.1 Å². The number of sulfonamides is 1. The van der Waals surface area contributed by atoms with Crippen molar-refractivity contribution in [1.29, 1.82) is 0 Å². The van der Waals surface area contributed by atoms with Gasteiger partial charge in [0.05, 0.1) is 5.56 Å². The summed E-state index contributed by atoms with van der Waals surface area (Å²) in [7, 11) is -3.72. The Balaban J connectivity index is 0.00000200. The predicted molar refractivity (Wildman–Crippen MR) is 80.9 cm³/mol. The average molecular weight is 340 g/mol. The number of rotatable bonds is 4. The number of hydrogen-bond donors (Lipinski definition) is 3. The number of amides is 1. The topological polar surface area (TPSA) is 101 Å². The number of halogens is 1. The third-order valence-corrected chi connectivity index (χ3v) is 5.45. The van der Waals surface area contributed by atoms with Crippen LogP contribution in [0.4, 0.5) is 0 Å². The first-order valence-electron chi connectivity index (χ1n) is 6.07. The van der Waals surface area contributed by atoms with E-state index in [0.29, 0.717) is 18.0 Å². The Bertz CT molecular complexity index is 553. The minimum atomic E-state index is -3.72. The normalized spacial score (nSPS) is 19.1. The maximum Gasteiger partial charge on any atom is 0.252 e. The lowest BCUT2D eigenvalue weighted by Crippen LogP contribution is -2.38. The molecule has 114 valence electrons. The van der Waals surface area contributed by atoms with Gasteiger partial charge >= 0.3 is 0 Å². The number of carbonyl (C=O) groups is 1. The minimum Gasteiger partial charge on any atom is -0.352 e. The van der Waals surface area contributed by atoms with E-state index in [9.17, 15) is 13.2 Å². The number of piperidine rings is 1. The molecule has 1 unspecified atom stereocenters. The molecule has 1 aliphatic rings. The van der Waals surface area contributed by atoms with E-state index in [1.54, 1.807) is 0 Å². The average Bonchev–Trinajstić information content (AvgIpc) is 2.87. The monoisotopic (exact) mass is 339 g/mol. The second-order valence-corrected chi connectivity index (χ2v) is 7.32. The molecule has 4 N–H and O–H groups in total. The van der Waals surface area contributed by atoms with Crippen LogP contribution in [-0.2, 0) is 10.0 Å². The van der Waals surface area contributed by atoms with Crippen molar-refractivity contribution in [2.75, 3.05) is 19.6 Å². The van der Waals surface area contributed by atoms with Gasteiger partial charge in [-0.1, -0.05) is 0 Å². The summed E-state index contributed by atoms with van der Waals surface area (Å²) in [4.78, 5) is 11.9. The number of primary sulfonamides is 1. The fourth-order valence-corrected chi connectivity index (χ4v) is 3.61. The van der Waals surface area contributed by atoms with Crippen LogP contribution in [0.15, 0.2) is 15.7 Å². The molecule has 0 radical (unpaired) electrons. The second-order valence-electron chi connectivity index (χ2n) is 4.62. The number of hydrogen-bond acceptors (Lipinski definition) is 5. The quantitative estimate of drug-likeness (QED) is 0.745. The highest BCUT2D eigenvalue weighted by molar-refractivity contribution is 7.91. The van der Waals surface area contributed by atoms with Crippen molar-refractivity contribution >= 4 is 39.7 Å². The number of nitrogens with two attached hydrogens (primary N) is 1. The van der Waals surface area contributed by atoms with Gasteiger partial charge in [0, 0.05) is 11.9 Å². The molecular weight excluding hydrogens is 322 g/mol. The molecule has 0 aromatic carbocycles. The first-order valence-corrected chi connectivity index (χ1v) is 8.49. The van der Waals surface area contributed by atoms with Crippen molar-refractivity contribution in [2.24, 2.45) is 11.1 Å². The van der Waals surface area contributed by atoms with Crippen LogP contribution in [-0.4, -0.2) is 34.0 Å². The molecule has 1 atom stereocenters. The lowest BCUT2D eigenvalue weighted by molar-refractivity contribution is 0.0945. The fourth-order valence-electron chi connectivity index (χ4n) is 2.02. The largest absolute Gasteiger partial charge is 0.352 e. The van der Waals surface area contributed by atoms with Crippen molar-refractivity contribution in [1.82, 2.24) is 10.6 Å². The van der Waals surface area contributed by atoms with Crippen molar-refractivity contribution in [3.8, 4) is 0 Å². The fraction of sp³-hybridized carbons (Fsp3) is 0.545. The Kier molecular flexibility index (Phi) is 6.41. The highest BCUT2D eigenvalue weighted by atomic mass is 35.5. The van der Waals surface area contributed by atoms with Crippen molar-refractivity contribution in [3.05, 3.63) is 17.0 Å². The molecule has 1 fully saturated rings. The van der Waals surface area contributed by atoms with E-state index in [2.05, 4.69) is 10.6 Å². The molecule has 6 nitrogen and oxygen atoms in total. The van der Waals surface area contributed by atoms with Gasteiger partial charge in [-0.2, -0.15) is 0 Å². The SMILES string of the molecule is Cl.NS(=O)(=O)c1cc(C(=O)NCC2CCCNC2)cs1. The second kappa shape index (κ2) is 7.37. The molecule has 0 saturated carbocycles. The molecule has 0 spiro atoms. The standard InChI is InChI=1S/C11H17N3O3S2.ClH/c12-19(16,17)10-4-9(7-18-10)11(15)14-6-8-2-1-3-13-5-8;/h4,7-8,13H,1-3,5-6H2,(H,14,15)(H2,12,16,17);1H. The molecule has 0 aliphatic carbocycles. The number of carbonyl (C=O) groups excluding carboxylic acids is 1. The van der Waals surface area contributed by atoms with Crippen LogP contribution >= 0.6 is 23.7 Å². The molecule has 2 rings (SSSR count). The van der Waals surface area contributed by atoms with E-state index < -0.39 is 10.0 Å². The Morgan fingerprint density at radius 3 is 2.85 bits per heavy atom. The van der Waals surface area contributed by atoms with Gasteiger partial charge in [0.15, 0.2) is 0 Å². The molecule has 0 bridgehead atoms. The van der Waals surface area contributed by atoms with Crippen LogP contribution in [0.5, 0.6) is 0 Å². The van der Waals surface area contributed by atoms with Crippen LogP contribution in [0.3, 0.4) is 0 Å². The van der Waals surface area contributed by atoms with Gasteiger partial charge in [-0.3, -0.25) is 4.79 Å². The summed E-state index contributed by atoms with van der Waals surface area (Å²) in [5.74, 6) is 0.186. The van der Waals surface area contributed by atoms with Crippen LogP contribution in [0, 0.1) is 5.92 Å². The Hall–Kier alpha value is -0.670. The van der Waals surface area contributed by atoms with Gasteiger partial charge in [0.25, 0.3) is 5.91 Å².